The van der Waals surface area contributed by atoms with E-state index in [9.17, 15) is 4.79 Å². The molecule has 1 aliphatic carbocycles. The van der Waals surface area contributed by atoms with Crippen molar-refractivity contribution in [1.82, 2.24) is 15.5 Å². The number of guanidine groups is 1. The van der Waals surface area contributed by atoms with Crippen LogP contribution in [-0.4, -0.2) is 57.2 Å². The summed E-state index contributed by atoms with van der Waals surface area (Å²) in [5.74, 6) is 2.28. The Morgan fingerprint density at radius 2 is 1.82 bits per heavy atom. The van der Waals surface area contributed by atoms with Gasteiger partial charge in [0.05, 0.1) is 20.8 Å². The van der Waals surface area contributed by atoms with Crippen molar-refractivity contribution in [1.29, 1.82) is 0 Å². The van der Waals surface area contributed by atoms with Crippen LogP contribution >= 0.6 is 0 Å². The molecule has 2 aliphatic rings. The van der Waals surface area contributed by atoms with E-state index in [4.69, 9.17) is 9.47 Å². The van der Waals surface area contributed by atoms with E-state index < -0.39 is 0 Å². The molecule has 154 valence electrons. The molecule has 0 aromatic heterocycles. The van der Waals surface area contributed by atoms with Crippen molar-refractivity contribution in [2.45, 2.75) is 51.1 Å². The molecule has 0 bridgehead atoms. The maximum absolute atomic E-state index is 12.3. The van der Waals surface area contributed by atoms with E-state index in [1.165, 1.54) is 30.4 Å². The molecule has 1 amide bonds. The van der Waals surface area contributed by atoms with Crippen LogP contribution in [0, 0.1) is 0 Å². The van der Waals surface area contributed by atoms with E-state index in [2.05, 4.69) is 26.6 Å². The van der Waals surface area contributed by atoms with Gasteiger partial charge in [0.15, 0.2) is 17.5 Å². The predicted molar refractivity (Wildman–Crippen MR) is 110 cm³/mol. The number of nitrogens with zero attached hydrogens (tertiary/aromatic N) is 2. The van der Waals surface area contributed by atoms with E-state index in [1.54, 1.807) is 21.3 Å². The summed E-state index contributed by atoms with van der Waals surface area (Å²) in [6, 6.07) is 4.41. The highest BCUT2D eigenvalue weighted by molar-refractivity contribution is 5.86. The molecule has 1 aromatic carbocycles. The minimum absolute atomic E-state index is 0.0388. The van der Waals surface area contributed by atoms with Gasteiger partial charge in [-0.15, -0.1) is 0 Å². The summed E-state index contributed by atoms with van der Waals surface area (Å²) in [7, 11) is 5.06. The number of rotatable bonds is 5. The first kappa shape index (κ1) is 20.3. The number of fused-ring (bicyclic) bond motifs is 1. The molecule has 0 spiro atoms. The largest absolute Gasteiger partial charge is 0.493 e. The number of carbonyl (C=O) groups excluding carboxylic acids is 1. The smallest absolute Gasteiger partial charge is 0.239 e. The zero-order chi connectivity index (χ0) is 19.9. The summed E-state index contributed by atoms with van der Waals surface area (Å²) in [5, 5.41) is 6.36. The molecular weight excluding hydrogens is 356 g/mol. The number of benzene rings is 1. The fourth-order valence-corrected chi connectivity index (χ4v) is 4.08. The lowest BCUT2D eigenvalue weighted by molar-refractivity contribution is -0.120. The third-order valence-corrected chi connectivity index (χ3v) is 5.61. The summed E-state index contributed by atoms with van der Waals surface area (Å²) in [4.78, 5) is 18.8. The third kappa shape index (κ3) is 4.88. The molecule has 28 heavy (non-hydrogen) atoms. The van der Waals surface area contributed by atoms with E-state index in [-0.39, 0.29) is 12.5 Å². The third-order valence-electron chi connectivity index (χ3n) is 5.61. The van der Waals surface area contributed by atoms with Crippen molar-refractivity contribution in [3.05, 3.63) is 23.3 Å². The standard InChI is InChI=1S/C21H32N4O3/c1-22-21(23-13-20(26)24-17-7-5-4-6-8-17)25-10-9-15-11-18(27-2)19(28-3)12-16(15)14-25/h11-12,17H,4-10,13-14H2,1-3H3,(H,22,23)(H,24,26). The lowest BCUT2D eigenvalue weighted by atomic mass is 9.95. The Balaban J connectivity index is 1.57. The number of amides is 1. The predicted octanol–water partition coefficient (Wildman–Crippen LogP) is 2.09. The topological polar surface area (TPSA) is 75.2 Å². The molecule has 0 atom stereocenters. The molecule has 1 saturated carbocycles. The summed E-state index contributed by atoms with van der Waals surface area (Å²) in [5.41, 5.74) is 2.46. The van der Waals surface area contributed by atoms with Gasteiger partial charge in [0.25, 0.3) is 0 Å². The SMILES string of the molecule is CN=C(NCC(=O)NC1CCCCC1)N1CCc2cc(OC)c(OC)cc2C1. The second-order valence-corrected chi connectivity index (χ2v) is 7.45. The number of nitrogens with one attached hydrogen (secondary N) is 2. The average Bonchev–Trinajstić information content (AvgIpc) is 2.73. The van der Waals surface area contributed by atoms with Gasteiger partial charge in [-0.1, -0.05) is 19.3 Å². The molecule has 7 heteroatoms. The second-order valence-electron chi connectivity index (χ2n) is 7.45. The minimum atomic E-state index is 0.0388. The minimum Gasteiger partial charge on any atom is -0.493 e. The zero-order valence-electron chi connectivity index (χ0n) is 17.2. The van der Waals surface area contributed by atoms with Gasteiger partial charge in [-0.3, -0.25) is 9.79 Å². The Labute approximate surface area is 167 Å². The number of aliphatic imine (C=N–C) groups is 1. The maximum Gasteiger partial charge on any atom is 0.239 e. The first-order chi connectivity index (χ1) is 13.6. The van der Waals surface area contributed by atoms with Gasteiger partial charge in [0.1, 0.15) is 0 Å². The number of ether oxygens (including phenoxy) is 2. The highest BCUT2D eigenvalue weighted by atomic mass is 16.5. The maximum atomic E-state index is 12.3. The van der Waals surface area contributed by atoms with Crippen LogP contribution in [0.15, 0.2) is 17.1 Å². The highest BCUT2D eigenvalue weighted by Crippen LogP contribution is 2.33. The molecule has 2 N–H and O–H groups in total. The van der Waals surface area contributed by atoms with Crippen molar-refractivity contribution in [3.8, 4) is 11.5 Å². The van der Waals surface area contributed by atoms with Crippen molar-refractivity contribution < 1.29 is 14.3 Å². The van der Waals surface area contributed by atoms with E-state index in [0.29, 0.717) is 6.04 Å². The van der Waals surface area contributed by atoms with Gasteiger partial charge < -0.3 is 25.0 Å². The van der Waals surface area contributed by atoms with Gasteiger partial charge in [-0.25, -0.2) is 0 Å². The Morgan fingerprint density at radius 1 is 1.14 bits per heavy atom. The molecule has 1 heterocycles. The molecule has 0 radical (unpaired) electrons. The fraction of sp³-hybridized carbons (Fsp3) is 0.619. The van der Waals surface area contributed by atoms with Crippen LogP contribution in [0.5, 0.6) is 11.5 Å². The van der Waals surface area contributed by atoms with E-state index in [1.807, 2.05) is 6.07 Å². The van der Waals surface area contributed by atoms with Gasteiger partial charge in [-0.05, 0) is 42.5 Å². The van der Waals surface area contributed by atoms with E-state index >= 15 is 0 Å². The first-order valence-corrected chi connectivity index (χ1v) is 10.1. The van der Waals surface area contributed by atoms with Crippen molar-refractivity contribution in [2.24, 2.45) is 4.99 Å². The quantitative estimate of drug-likeness (QED) is 0.597. The summed E-state index contributed by atoms with van der Waals surface area (Å²) in [6.07, 6.45) is 6.78. The van der Waals surface area contributed by atoms with Crippen LogP contribution in [0.3, 0.4) is 0 Å². The van der Waals surface area contributed by atoms with Gasteiger partial charge >= 0.3 is 0 Å². The Hall–Kier alpha value is -2.44. The lowest BCUT2D eigenvalue weighted by Gasteiger charge is -2.32. The summed E-state index contributed by atoms with van der Waals surface area (Å²) >= 11 is 0. The second kappa shape index (κ2) is 9.66. The number of hydrogen-bond donors (Lipinski definition) is 2. The highest BCUT2D eigenvalue weighted by Gasteiger charge is 2.22. The first-order valence-electron chi connectivity index (χ1n) is 10.1. The molecular formula is C21H32N4O3. The lowest BCUT2D eigenvalue weighted by Crippen LogP contribution is -2.48. The van der Waals surface area contributed by atoms with Gasteiger partial charge in [0, 0.05) is 26.2 Å². The van der Waals surface area contributed by atoms with Gasteiger partial charge in [-0.2, -0.15) is 0 Å². The molecule has 1 aliphatic heterocycles. The molecule has 7 nitrogen and oxygen atoms in total. The molecule has 1 fully saturated rings. The van der Waals surface area contributed by atoms with Crippen LogP contribution in [0.4, 0.5) is 0 Å². The number of methoxy groups -OCH3 is 2. The number of carbonyl (C=O) groups is 1. The molecule has 1 aromatic rings. The van der Waals surface area contributed by atoms with Crippen LogP contribution < -0.4 is 20.1 Å². The van der Waals surface area contributed by atoms with Crippen LogP contribution in [0.25, 0.3) is 0 Å². The molecule has 0 saturated heterocycles. The van der Waals surface area contributed by atoms with Crippen LogP contribution in [0.2, 0.25) is 0 Å². The molecule has 0 unspecified atom stereocenters. The summed E-state index contributed by atoms with van der Waals surface area (Å²) in [6.45, 7) is 1.81. The van der Waals surface area contributed by atoms with Crippen molar-refractivity contribution in [3.63, 3.8) is 0 Å². The van der Waals surface area contributed by atoms with Crippen molar-refractivity contribution in [2.75, 3.05) is 34.4 Å². The number of hydrogen-bond acceptors (Lipinski definition) is 4. The average molecular weight is 389 g/mol. The van der Waals surface area contributed by atoms with E-state index in [0.717, 1.165) is 49.8 Å². The Bertz CT molecular complexity index is 714. The Morgan fingerprint density at radius 3 is 2.46 bits per heavy atom. The zero-order valence-corrected chi connectivity index (χ0v) is 17.2. The van der Waals surface area contributed by atoms with Gasteiger partial charge in [0.2, 0.25) is 5.91 Å². The monoisotopic (exact) mass is 388 g/mol. The Kier molecular flexibility index (Phi) is 7.01. The van der Waals surface area contributed by atoms with Crippen molar-refractivity contribution >= 4 is 11.9 Å². The molecule has 3 rings (SSSR count). The van der Waals surface area contributed by atoms with Crippen LogP contribution in [-0.2, 0) is 17.8 Å². The van der Waals surface area contributed by atoms with Crippen LogP contribution in [0.1, 0.15) is 43.2 Å². The summed E-state index contributed by atoms with van der Waals surface area (Å²) < 4.78 is 10.8. The normalized spacial score (nSPS) is 17.7. The fourth-order valence-electron chi connectivity index (χ4n) is 4.08.